The van der Waals surface area contributed by atoms with Crippen LogP contribution in [0.1, 0.15) is 18.9 Å². The van der Waals surface area contributed by atoms with Crippen LogP contribution in [0.4, 0.5) is 13.2 Å². The summed E-state index contributed by atoms with van der Waals surface area (Å²) in [6.07, 6.45) is -4.45. The second kappa shape index (κ2) is 9.73. The number of carboxylic acids is 1. The van der Waals surface area contributed by atoms with Crippen LogP contribution in [-0.4, -0.2) is 64.4 Å². The molecule has 2 heterocycles. The first kappa shape index (κ1) is 24.4. The monoisotopic (exact) mass is 488 g/mol. The topological polar surface area (TPSA) is 122 Å². The van der Waals surface area contributed by atoms with Crippen molar-refractivity contribution in [2.24, 2.45) is 0 Å². The summed E-state index contributed by atoms with van der Waals surface area (Å²) in [6.45, 7) is 0.661. The highest BCUT2D eigenvalue weighted by atomic mass is 32.2. The third-order valence-corrected chi connectivity index (χ3v) is 6.06. The maximum absolute atomic E-state index is 12.8. The van der Waals surface area contributed by atoms with Gasteiger partial charge in [-0.25, -0.2) is 4.79 Å². The van der Waals surface area contributed by atoms with E-state index in [1.165, 1.54) is 11.5 Å². The quantitative estimate of drug-likeness (QED) is 0.420. The number of alkyl halides is 3. The van der Waals surface area contributed by atoms with Gasteiger partial charge in [-0.05, 0) is 23.6 Å². The van der Waals surface area contributed by atoms with Crippen molar-refractivity contribution in [1.29, 1.82) is 0 Å². The summed E-state index contributed by atoms with van der Waals surface area (Å²) in [6, 6.07) is 1.61. The van der Waals surface area contributed by atoms with Gasteiger partial charge in [0.05, 0.1) is 5.56 Å². The molecule has 2 N–H and O–H groups in total. The van der Waals surface area contributed by atoms with E-state index in [1.54, 1.807) is 6.92 Å². The standard InChI is InChI=1S/C20H19F3N2O7S/c1-2-14(27)32-7-10-9-33-18-15(17(28)25(18)16(10)19(29)30)24-13(26)8-31-12-5-3-4-11(6-12)20(21,22)23/h3-6,9,15-16,18H,2,7-8H2,1H3,(H,24,26)(H,29,30)/t15?,16?,18-/m1/s1. The molecule has 0 saturated carbocycles. The van der Waals surface area contributed by atoms with Crippen LogP contribution in [0.3, 0.4) is 0 Å². The van der Waals surface area contributed by atoms with E-state index in [1.807, 2.05) is 0 Å². The van der Waals surface area contributed by atoms with E-state index in [2.05, 4.69) is 5.32 Å². The Labute approximate surface area is 189 Å². The fourth-order valence-corrected chi connectivity index (χ4v) is 4.43. The van der Waals surface area contributed by atoms with Gasteiger partial charge in [0, 0.05) is 12.0 Å². The van der Waals surface area contributed by atoms with Gasteiger partial charge in [-0.2, -0.15) is 13.2 Å². The molecule has 0 bridgehead atoms. The zero-order chi connectivity index (χ0) is 24.3. The summed E-state index contributed by atoms with van der Waals surface area (Å²) in [5, 5.41) is 12.7. The van der Waals surface area contributed by atoms with E-state index in [-0.39, 0.29) is 24.4 Å². The number of rotatable bonds is 8. The Bertz CT molecular complexity index is 998. The van der Waals surface area contributed by atoms with Crippen molar-refractivity contribution in [3.8, 4) is 5.75 Å². The number of halogens is 3. The Balaban J connectivity index is 1.60. The number of carboxylic acid groups (broad SMARTS) is 1. The lowest BCUT2D eigenvalue weighted by molar-refractivity contribution is -0.161. The van der Waals surface area contributed by atoms with Crippen molar-refractivity contribution in [1.82, 2.24) is 10.2 Å². The van der Waals surface area contributed by atoms with E-state index in [0.29, 0.717) is 0 Å². The van der Waals surface area contributed by atoms with Gasteiger partial charge in [0.25, 0.3) is 5.91 Å². The molecule has 1 aromatic rings. The van der Waals surface area contributed by atoms with Crippen molar-refractivity contribution < 1.29 is 46.9 Å². The molecular formula is C20H19F3N2O7S. The summed E-state index contributed by atoms with van der Waals surface area (Å²) in [5.74, 6) is -3.42. The first-order chi connectivity index (χ1) is 15.5. The average Bonchev–Trinajstić information content (AvgIpc) is 2.78. The number of nitrogens with zero attached hydrogens (tertiary/aromatic N) is 1. The fraction of sp³-hybridized carbons (Fsp3) is 0.400. The molecule has 13 heteroatoms. The largest absolute Gasteiger partial charge is 0.484 e. The number of benzene rings is 1. The number of fused-ring (bicyclic) bond motifs is 1. The second-order valence-corrected chi connectivity index (χ2v) is 8.07. The molecule has 2 unspecified atom stereocenters. The maximum atomic E-state index is 12.8. The van der Waals surface area contributed by atoms with E-state index in [4.69, 9.17) is 9.47 Å². The first-order valence-corrected chi connectivity index (χ1v) is 10.6. The van der Waals surface area contributed by atoms with Crippen molar-refractivity contribution >= 4 is 35.5 Å². The molecule has 2 amide bonds. The normalized spacial score (nSPS) is 21.9. The number of nitrogens with one attached hydrogen (secondary N) is 1. The van der Waals surface area contributed by atoms with Gasteiger partial charge in [-0.1, -0.05) is 13.0 Å². The van der Waals surface area contributed by atoms with E-state index in [0.717, 1.165) is 34.9 Å². The highest BCUT2D eigenvalue weighted by Gasteiger charge is 2.56. The molecule has 0 spiro atoms. The van der Waals surface area contributed by atoms with Gasteiger partial charge in [0.1, 0.15) is 23.8 Å². The lowest BCUT2D eigenvalue weighted by Gasteiger charge is -2.51. The zero-order valence-corrected chi connectivity index (χ0v) is 17.9. The number of carbonyl (C=O) groups is 4. The van der Waals surface area contributed by atoms with Crippen LogP contribution < -0.4 is 10.1 Å². The van der Waals surface area contributed by atoms with E-state index in [9.17, 15) is 37.5 Å². The highest BCUT2D eigenvalue weighted by Crippen LogP contribution is 2.40. The Hall–Kier alpha value is -3.22. The Morgan fingerprint density at radius 3 is 2.64 bits per heavy atom. The maximum Gasteiger partial charge on any atom is 0.416 e. The number of thioether (sulfide) groups is 1. The Morgan fingerprint density at radius 1 is 1.27 bits per heavy atom. The summed E-state index contributed by atoms with van der Waals surface area (Å²) in [4.78, 5) is 48.9. The number of β-lactam (4-membered cyclic amide) rings is 1. The molecule has 0 aromatic heterocycles. The van der Waals surface area contributed by atoms with Gasteiger partial charge in [-0.3, -0.25) is 14.4 Å². The number of carbonyl (C=O) groups excluding carboxylic acids is 3. The van der Waals surface area contributed by atoms with Crippen molar-refractivity contribution in [2.75, 3.05) is 13.2 Å². The van der Waals surface area contributed by atoms with Gasteiger partial charge >= 0.3 is 18.1 Å². The molecule has 33 heavy (non-hydrogen) atoms. The van der Waals surface area contributed by atoms with Crippen LogP contribution in [0.25, 0.3) is 0 Å². The number of ether oxygens (including phenoxy) is 2. The van der Waals surface area contributed by atoms with Crippen LogP contribution in [0, 0.1) is 0 Å². The first-order valence-electron chi connectivity index (χ1n) is 9.67. The minimum absolute atomic E-state index is 0.111. The predicted molar refractivity (Wildman–Crippen MR) is 108 cm³/mol. The molecule has 2 aliphatic rings. The molecule has 9 nitrogen and oxygen atoms in total. The van der Waals surface area contributed by atoms with Gasteiger partial charge < -0.3 is 24.8 Å². The minimum atomic E-state index is -4.57. The Morgan fingerprint density at radius 2 is 2.00 bits per heavy atom. The predicted octanol–water partition coefficient (Wildman–Crippen LogP) is 1.77. The van der Waals surface area contributed by atoms with Crippen molar-refractivity contribution in [3.05, 3.63) is 40.8 Å². The smallest absolute Gasteiger partial charge is 0.416 e. The molecule has 2 aliphatic heterocycles. The lowest BCUT2D eigenvalue weighted by atomic mass is 9.98. The number of amides is 2. The van der Waals surface area contributed by atoms with Crippen LogP contribution in [0.15, 0.2) is 35.2 Å². The summed E-state index contributed by atoms with van der Waals surface area (Å²) in [7, 11) is 0. The molecule has 3 atom stereocenters. The van der Waals surface area contributed by atoms with Crippen molar-refractivity contribution in [3.63, 3.8) is 0 Å². The molecule has 1 aromatic carbocycles. The number of hydrogen-bond acceptors (Lipinski definition) is 7. The average molecular weight is 488 g/mol. The van der Waals surface area contributed by atoms with Crippen LogP contribution >= 0.6 is 11.8 Å². The number of aliphatic carboxylic acids is 1. The van der Waals surface area contributed by atoms with Crippen LogP contribution in [0.2, 0.25) is 0 Å². The molecule has 1 fully saturated rings. The second-order valence-electron chi connectivity index (χ2n) is 7.08. The number of esters is 1. The summed E-state index contributed by atoms with van der Waals surface area (Å²) >= 11 is 1.08. The molecule has 0 aliphatic carbocycles. The molecule has 0 radical (unpaired) electrons. The molecule has 3 rings (SSSR count). The van der Waals surface area contributed by atoms with E-state index < -0.39 is 59.6 Å². The van der Waals surface area contributed by atoms with Gasteiger partial charge in [0.15, 0.2) is 12.6 Å². The summed E-state index contributed by atoms with van der Waals surface area (Å²) < 4.78 is 48.4. The molecular weight excluding hydrogens is 469 g/mol. The Kier molecular flexibility index (Phi) is 7.20. The number of hydrogen-bond donors (Lipinski definition) is 2. The third-order valence-electron chi connectivity index (χ3n) is 4.84. The van der Waals surface area contributed by atoms with Crippen molar-refractivity contribution in [2.45, 2.75) is 37.0 Å². The molecule has 1 saturated heterocycles. The van der Waals surface area contributed by atoms with Crippen LogP contribution in [0.5, 0.6) is 5.75 Å². The van der Waals surface area contributed by atoms with Crippen LogP contribution in [-0.2, 0) is 30.1 Å². The highest BCUT2D eigenvalue weighted by molar-refractivity contribution is 8.02. The van der Waals surface area contributed by atoms with E-state index >= 15 is 0 Å². The van der Waals surface area contributed by atoms with Gasteiger partial charge in [-0.15, -0.1) is 11.8 Å². The lowest BCUT2D eigenvalue weighted by Crippen LogP contribution is -2.74. The SMILES string of the molecule is CCC(=O)OCC1=CS[C@@H]2C(NC(=O)COc3cccc(C(F)(F)F)c3)C(=O)N2C1C(=O)O. The molecule has 178 valence electrons. The zero-order valence-electron chi connectivity index (χ0n) is 17.1. The minimum Gasteiger partial charge on any atom is -0.484 e. The fourth-order valence-electron chi connectivity index (χ4n) is 3.22. The van der Waals surface area contributed by atoms with Gasteiger partial charge in [0.2, 0.25) is 5.91 Å². The summed E-state index contributed by atoms with van der Waals surface area (Å²) in [5.41, 5.74) is -0.715. The third kappa shape index (κ3) is 5.41.